The van der Waals surface area contributed by atoms with Crippen LogP contribution < -0.4 is 5.43 Å². The number of carbonyl (C=O) groups excluding carboxylic acids is 1. The van der Waals surface area contributed by atoms with Gasteiger partial charge >= 0.3 is 0 Å². The normalized spacial score (nSPS) is 14.2. The summed E-state index contributed by atoms with van der Waals surface area (Å²) in [4.78, 5) is 10.9. The average Bonchev–Trinajstić information content (AvgIpc) is 2.48. The maximum atomic E-state index is 13.7. The van der Waals surface area contributed by atoms with Crippen molar-refractivity contribution in [1.82, 2.24) is 5.43 Å². The minimum Gasteiger partial charge on any atom is -0.466 e. The Morgan fingerprint density at radius 3 is 2.38 bits per heavy atom. The van der Waals surface area contributed by atoms with Crippen molar-refractivity contribution in [3.63, 3.8) is 0 Å². The van der Waals surface area contributed by atoms with Gasteiger partial charge in [-0.3, -0.25) is 4.79 Å². The molecule has 0 saturated heterocycles. The van der Waals surface area contributed by atoms with E-state index in [0.717, 1.165) is 6.07 Å². The molecule has 0 atom stereocenters. The van der Waals surface area contributed by atoms with E-state index in [0.29, 0.717) is 22.6 Å². The van der Waals surface area contributed by atoms with E-state index < -0.39 is 11.6 Å². The van der Waals surface area contributed by atoms with Gasteiger partial charge in [-0.2, -0.15) is 0 Å². The van der Waals surface area contributed by atoms with Crippen LogP contribution in [0.1, 0.15) is 5.56 Å². The van der Waals surface area contributed by atoms with Crippen molar-refractivity contribution in [3.05, 3.63) is 59.7 Å². The number of ether oxygens (including phenoxy) is 1. The number of halogens is 2. The molecule has 1 N–H and O–H groups in total. The van der Waals surface area contributed by atoms with Crippen molar-refractivity contribution in [3.8, 4) is 11.1 Å². The quantitative estimate of drug-likeness (QED) is 0.922. The molecule has 6 heteroatoms. The molecule has 4 nitrogen and oxygen atoms in total. The molecule has 0 unspecified atom stereocenters. The van der Waals surface area contributed by atoms with Gasteiger partial charge in [-0.15, -0.1) is 5.10 Å². The van der Waals surface area contributed by atoms with Gasteiger partial charge in [0.2, 0.25) is 5.90 Å². The highest BCUT2D eigenvalue weighted by atomic mass is 19.1. The summed E-state index contributed by atoms with van der Waals surface area (Å²) in [7, 11) is 0. The van der Waals surface area contributed by atoms with Gasteiger partial charge in [0.05, 0.1) is 0 Å². The van der Waals surface area contributed by atoms with Crippen molar-refractivity contribution in [2.45, 2.75) is 0 Å². The molecule has 0 radical (unpaired) electrons. The third-order valence-corrected chi connectivity index (χ3v) is 3.00. The smallest absolute Gasteiger partial charge is 0.278 e. The van der Waals surface area contributed by atoms with Crippen LogP contribution in [-0.4, -0.2) is 18.4 Å². The number of nitrogens with one attached hydrogen (secondary N) is 1. The topological polar surface area (TPSA) is 50.7 Å². The lowest BCUT2D eigenvalue weighted by atomic mass is 10.0. The Hall–Kier alpha value is -2.76. The molecular weight excluding hydrogens is 278 g/mol. The van der Waals surface area contributed by atoms with E-state index in [2.05, 4.69) is 10.5 Å². The Morgan fingerprint density at radius 1 is 1.05 bits per heavy atom. The zero-order chi connectivity index (χ0) is 14.8. The summed E-state index contributed by atoms with van der Waals surface area (Å²) in [6.45, 7) is -0.0901. The molecule has 3 rings (SSSR count). The fourth-order valence-electron chi connectivity index (χ4n) is 1.98. The highest BCUT2D eigenvalue weighted by molar-refractivity contribution is 5.98. The van der Waals surface area contributed by atoms with E-state index >= 15 is 0 Å². The maximum absolute atomic E-state index is 13.7. The lowest BCUT2D eigenvalue weighted by Gasteiger charge is -2.13. The predicted molar refractivity (Wildman–Crippen MR) is 72.4 cm³/mol. The first-order valence-electron chi connectivity index (χ1n) is 6.19. The van der Waals surface area contributed by atoms with E-state index in [1.54, 1.807) is 24.3 Å². The van der Waals surface area contributed by atoms with E-state index in [1.807, 2.05) is 0 Å². The number of amides is 1. The number of carbonyl (C=O) groups is 1. The minimum atomic E-state index is -0.624. The summed E-state index contributed by atoms with van der Waals surface area (Å²) in [5.41, 5.74) is 3.88. The average molecular weight is 288 g/mol. The molecule has 0 saturated carbocycles. The monoisotopic (exact) mass is 288 g/mol. The SMILES string of the molecule is O=C1COC(c2ccc(-c3ccc(F)cc3F)cc2)=NN1. The predicted octanol–water partition coefficient (Wildman–Crippen LogP) is 2.44. The van der Waals surface area contributed by atoms with Gasteiger partial charge in [0, 0.05) is 17.2 Å². The molecule has 1 amide bonds. The second-order valence-corrected chi connectivity index (χ2v) is 4.44. The van der Waals surface area contributed by atoms with Crippen molar-refractivity contribution in [1.29, 1.82) is 0 Å². The van der Waals surface area contributed by atoms with Gasteiger partial charge in [0.15, 0.2) is 6.61 Å². The zero-order valence-corrected chi connectivity index (χ0v) is 10.8. The second-order valence-electron chi connectivity index (χ2n) is 4.44. The highest BCUT2D eigenvalue weighted by Crippen LogP contribution is 2.24. The summed E-state index contributed by atoms with van der Waals surface area (Å²) >= 11 is 0. The number of hydrogen-bond donors (Lipinski definition) is 1. The Kier molecular flexibility index (Phi) is 3.35. The van der Waals surface area contributed by atoms with Gasteiger partial charge in [-0.1, -0.05) is 12.1 Å². The molecule has 0 bridgehead atoms. The third-order valence-electron chi connectivity index (χ3n) is 3.00. The van der Waals surface area contributed by atoms with E-state index in [1.165, 1.54) is 12.1 Å². The van der Waals surface area contributed by atoms with Crippen molar-refractivity contribution in [2.24, 2.45) is 5.10 Å². The lowest BCUT2D eigenvalue weighted by Crippen LogP contribution is -2.32. The van der Waals surface area contributed by atoms with Crippen LogP contribution in [0.25, 0.3) is 11.1 Å². The number of rotatable bonds is 2. The van der Waals surface area contributed by atoms with Gasteiger partial charge in [-0.25, -0.2) is 14.2 Å². The Bertz CT molecular complexity index is 727. The lowest BCUT2D eigenvalue weighted by molar-refractivity contribution is -0.124. The first-order valence-corrected chi connectivity index (χ1v) is 6.19. The molecule has 1 aliphatic heterocycles. The number of nitrogens with zero attached hydrogens (tertiary/aromatic N) is 1. The molecule has 0 aromatic heterocycles. The Morgan fingerprint density at radius 2 is 1.76 bits per heavy atom. The Labute approximate surface area is 119 Å². The van der Waals surface area contributed by atoms with E-state index in [9.17, 15) is 13.6 Å². The van der Waals surface area contributed by atoms with E-state index in [-0.39, 0.29) is 12.5 Å². The fraction of sp³-hybridized carbons (Fsp3) is 0.0667. The van der Waals surface area contributed by atoms with Crippen LogP contribution in [0, 0.1) is 11.6 Å². The molecule has 1 heterocycles. The molecule has 2 aromatic rings. The van der Waals surface area contributed by atoms with Crippen LogP contribution in [0.4, 0.5) is 8.78 Å². The van der Waals surface area contributed by atoms with E-state index in [4.69, 9.17) is 4.74 Å². The van der Waals surface area contributed by atoms with Gasteiger partial charge < -0.3 is 4.74 Å². The largest absolute Gasteiger partial charge is 0.466 e. The summed E-state index contributed by atoms with van der Waals surface area (Å²) in [6.07, 6.45) is 0. The van der Waals surface area contributed by atoms with Crippen LogP contribution in [0.5, 0.6) is 0 Å². The van der Waals surface area contributed by atoms with Crippen LogP contribution >= 0.6 is 0 Å². The summed E-state index contributed by atoms with van der Waals surface area (Å²) in [5, 5.41) is 3.78. The zero-order valence-electron chi connectivity index (χ0n) is 10.8. The number of hydrazone groups is 1. The molecule has 0 aliphatic carbocycles. The minimum absolute atomic E-state index is 0.0901. The molecular formula is C15H10F2N2O2. The van der Waals surface area contributed by atoms with Gasteiger partial charge in [-0.05, 0) is 29.8 Å². The molecule has 21 heavy (non-hydrogen) atoms. The maximum Gasteiger partial charge on any atom is 0.278 e. The Balaban J connectivity index is 1.89. The molecule has 0 spiro atoms. The second kappa shape index (κ2) is 5.32. The van der Waals surface area contributed by atoms with Crippen LogP contribution in [0.2, 0.25) is 0 Å². The summed E-state index contributed by atoms with van der Waals surface area (Å²) in [5.74, 6) is -1.26. The summed E-state index contributed by atoms with van der Waals surface area (Å²) < 4.78 is 31.8. The number of hydrogen-bond acceptors (Lipinski definition) is 3. The molecule has 1 aliphatic rings. The van der Waals surface area contributed by atoms with Crippen LogP contribution in [0.15, 0.2) is 47.6 Å². The molecule has 0 fully saturated rings. The highest BCUT2D eigenvalue weighted by Gasteiger charge is 2.14. The standard InChI is InChI=1S/C15H10F2N2O2/c16-11-5-6-12(13(17)7-11)9-1-3-10(4-2-9)15-19-18-14(20)8-21-15/h1-7H,8H2,(H,18,20). The van der Waals surface area contributed by atoms with Gasteiger partial charge in [0.1, 0.15) is 11.6 Å². The first kappa shape index (κ1) is 13.2. The van der Waals surface area contributed by atoms with Crippen molar-refractivity contribution < 1.29 is 18.3 Å². The van der Waals surface area contributed by atoms with Crippen molar-refractivity contribution in [2.75, 3.05) is 6.61 Å². The third kappa shape index (κ3) is 2.74. The first-order chi connectivity index (χ1) is 10.1. The van der Waals surface area contributed by atoms with Crippen LogP contribution in [0.3, 0.4) is 0 Å². The summed E-state index contributed by atoms with van der Waals surface area (Å²) in [6, 6.07) is 10.2. The van der Waals surface area contributed by atoms with Crippen LogP contribution in [-0.2, 0) is 9.53 Å². The van der Waals surface area contributed by atoms with Gasteiger partial charge in [0.25, 0.3) is 5.91 Å². The fourth-order valence-corrected chi connectivity index (χ4v) is 1.98. The van der Waals surface area contributed by atoms with Crippen molar-refractivity contribution >= 4 is 11.8 Å². The number of benzene rings is 2. The molecule has 106 valence electrons. The molecule has 2 aromatic carbocycles.